The number of aryl methyl sites for hydroxylation is 2. The summed E-state index contributed by atoms with van der Waals surface area (Å²) in [6.07, 6.45) is 1.60. The Morgan fingerprint density at radius 1 is 1.03 bits per heavy atom. The zero-order valence-electron chi connectivity index (χ0n) is 16.7. The number of hydrogen-bond acceptors (Lipinski definition) is 6. The standard InChI is InChI=1S/C22H25N3O3S/c1-15(2)28-19-12-9-17(10-13-19)11-14-20-23-24-22(29-16(3)21(26)27)25(20)18-7-5-4-6-8-18/h4-10,12-13,15-16H,11,14H2,1-3H3,(H,26,27)/p-1/t16-/m1/s1. The summed E-state index contributed by atoms with van der Waals surface area (Å²) in [5, 5.41) is 19.6. The van der Waals surface area contributed by atoms with Crippen LogP contribution in [0.25, 0.3) is 5.69 Å². The Kier molecular flexibility index (Phi) is 6.93. The van der Waals surface area contributed by atoms with Crippen molar-refractivity contribution in [1.29, 1.82) is 0 Å². The molecule has 6 nitrogen and oxygen atoms in total. The number of thioether (sulfide) groups is 1. The van der Waals surface area contributed by atoms with Gasteiger partial charge in [0.2, 0.25) is 0 Å². The van der Waals surface area contributed by atoms with Crippen molar-refractivity contribution in [2.24, 2.45) is 0 Å². The number of para-hydroxylation sites is 1. The van der Waals surface area contributed by atoms with E-state index in [0.29, 0.717) is 11.6 Å². The number of benzene rings is 2. The molecular formula is C22H24N3O3S-. The monoisotopic (exact) mass is 410 g/mol. The van der Waals surface area contributed by atoms with E-state index in [9.17, 15) is 9.90 Å². The molecule has 0 saturated carbocycles. The molecule has 0 fully saturated rings. The molecular weight excluding hydrogens is 386 g/mol. The number of carboxylic acid groups (broad SMARTS) is 1. The van der Waals surface area contributed by atoms with Gasteiger partial charge in [0, 0.05) is 17.4 Å². The molecule has 0 N–H and O–H groups in total. The van der Waals surface area contributed by atoms with Crippen LogP contribution in [0.1, 0.15) is 32.2 Å². The smallest absolute Gasteiger partial charge is 0.196 e. The number of aliphatic carboxylic acids is 1. The number of hydrogen-bond donors (Lipinski definition) is 0. The van der Waals surface area contributed by atoms with Gasteiger partial charge in [-0.2, -0.15) is 0 Å². The van der Waals surface area contributed by atoms with E-state index in [4.69, 9.17) is 4.74 Å². The third-order valence-electron chi connectivity index (χ3n) is 4.26. The summed E-state index contributed by atoms with van der Waals surface area (Å²) in [4.78, 5) is 11.2. The Labute approximate surface area is 174 Å². The molecule has 7 heteroatoms. The molecule has 3 aromatic rings. The molecule has 0 aliphatic carbocycles. The molecule has 1 atom stereocenters. The van der Waals surface area contributed by atoms with Crippen molar-refractivity contribution in [3.05, 3.63) is 66.0 Å². The molecule has 1 aromatic heterocycles. The minimum atomic E-state index is -1.12. The highest BCUT2D eigenvalue weighted by atomic mass is 32.2. The van der Waals surface area contributed by atoms with Crippen LogP contribution in [0, 0.1) is 0 Å². The molecule has 0 amide bonds. The van der Waals surface area contributed by atoms with Crippen LogP contribution in [0.15, 0.2) is 59.8 Å². The second kappa shape index (κ2) is 9.60. The van der Waals surface area contributed by atoms with Gasteiger partial charge in [0.05, 0.1) is 12.1 Å². The second-order valence-corrected chi connectivity index (χ2v) is 8.27. The fraction of sp³-hybridized carbons (Fsp3) is 0.318. The molecule has 0 bridgehead atoms. The number of carboxylic acids is 1. The molecule has 0 aliphatic heterocycles. The largest absolute Gasteiger partial charge is 0.549 e. The average molecular weight is 411 g/mol. The fourth-order valence-electron chi connectivity index (χ4n) is 2.84. The summed E-state index contributed by atoms with van der Waals surface area (Å²) in [7, 11) is 0. The fourth-order valence-corrected chi connectivity index (χ4v) is 3.66. The highest BCUT2D eigenvalue weighted by molar-refractivity contribution is 8.00. The molecule has 0 saturated heterocycles. The van der Waals surface area contributed by atoms with Gasteiger partial charge in [-0.15, -0.1) is 10.2 Å². The van der Waals surface area contributed by atoms with Crippen LogP contribution < -0.4 is 9.84 Å². The molecule has 2 aromatic carbocycles. The van der Waals surface area contributed by atoms with Gasteiger partial charge in [0.25, 0.3) is 0 Å². The summed E-state index contributed by atoms with van der Waals surface area (Å²) >= 11 is 1.13. The average Bonchev–Trinajstić information content (AvgIpc) is 3.10. The maximum Gasteiger partial charge on any atom is 0.196 e. The van der Waals surface area contributed by atoms with E-state index >= 15 is 0 Å². The topological polar surface area (TPSA) is 80.1 Å². The van der Waals surface area contributed by atoms with E-state index in [1.54, 1.807) is 6.92 Å². The first-order chi connectivity index (χ1) is 13.9. The van der Waals surface area contributed by atoms with Crippen LogP contribution in [0.5, 0.6) is 5.75 Å². The van der Waals surface area contributed by atoms with Gasteiger partial charge < -0.3 is 14.6 Å². The number of nitrogens with zero attached hydrogens (tertiary/aromatic N) is 3. The third kappa shape index (κ3) is 5.60. The quantitative estimate of drug-likeness (QED) is 0.505. The van der Waals surface area contributed by atoms with Crippen LogP contribution in [-0.4, -0.2) is 32.1 Å². The maximum atomic E-state index is 11.2. The van der Waals surface area contributed by atoms with Crippen molar-refractivity contribution >= 4 is 17.7 Å². The number of carbonyl (C=O) groups is 1. The van der Waals surface area contributed by atoms with Gasteiger partial charge >= 0.3 is 0 Å². The maximum absolute atomic E-state index is 11.2. The highest BCUT2D eigenvalue weighted by Crippen LogP contribution is 2.26. The SMILES string of the molecule is CC(C)Oc1ccc(CCc2nnc(S[C@H](C)C(=O)[O-])n2-c2ccccc2)cc1. The molecule has 152 valence electrons. The molecule has 0 unspecified atom stereocenters. The van der Waals surface area contributed by atoms with Crippen molar-refractivity contribution < 1.29 is 14.6 Å². The zero-order chi connectivity index (χ0) is 20.8. The third-order valence-corrected chi connectivity index (χ3v) is 5.28. The normalized spacial score (nSPS) is 12.1. The van der Waals surface area contributed by atoms with Crippen LogP contribution in [0.4, 0.5) is 0 Å². The number of aromatic nitrogens is 3. The molecule has 0 aliphatic rings. The number of rotatable bonds is 9. The lowest BCUT2D eigenvalue weighted by atomic mass is 10.1. The van der Waals surface area contributed by atoms with E-state index in [0.717, 1.165) is 35.4 Å². The first-order valence-electron chi connectivity index (χ1n) is 9.57. The van der Waals surface area contributed by atoms with E-state index in [2.05, 4.69) is 22.3 Å². The lowest BCUT2D eigenvalue weighted by Gasteiger charge is -2.14. The van der Waals surface area contributed by atoms with E-state index in [-0.39, 0.29) is 6.10 Å². The van der Waals surface area contributed by atoms with Gasteiger partial charge in [0.15, 0.2) is 5.16 Å². The minimum Gasteiger partial charge on any atom is -0.549 e. The van der Waals surface area contributed by atoms with Gasteiger partial charge in [-0.3, -0.25) is 4.57 Å². The van der Waals surface area contributed by atoms with Crippen molar-refractivity contribution in [2.75, 3.05) is 0 Å². The van der Waals surface area contributed by atoms with Crippen LogP contribution in [-0.2, 0) is 17.6 Å². The predicted molar refractivity (Wildman–Crippen MR) is 111 cm³/mol. The first-order valence-corrected chi connectivity index (χ1v) is 10.4. The molecule has 0 radical (unpaired) electrons. The summed E-state index contributed by atoms with van der Waals surface area (Å²) in [6.45, 7) is 5.59. The van der Waals surface area contributed by atoms with E-state index in [1.807, 2.05) is 60.9 Å². The molecule has 1 heterocycles. The van der Waals surface area contributed by atoms with Crippen molar-refractivity contribution in [3.63, 3.8) is 0 Å². The zero-order valence-corrected chi connectivity index (χ0v) is 17.6. The van der Waals surface area contributed by atoms with Crippen molar-refractivity contribution in [2.45, 2.75) is 50.1 Å². The molecule has 0 spiro atoms. The first kappa shape index (κ1) is 20.9. The summed E-state index contributed by atoms with van der Waals surface area (Å²) in [5.41, 5.74) is 2.07. The van der Waals surface area contributed by atoms with Crippen LogP contribution in [0.3, 0.4) is 0 Å². The summed E-state index contributed by atoms with van der Waals surface area (Å²) in [5.74, 6) is 0.515. The van der Waals surface area contributed by atoms with Gasteiger partial charge in [-0.25, -0.2) is 0 Å². The minimum absolute atomic E-state index is 0.143. The van der Waals surface area contributed by atoms with Gasteiger partial charge in [0.1, 0.15) is 11.6 Å². The Hall–Kier alpha value is -2.80. The van der Waals surface area contributed by atoms with Crippen molar-refractivity contribution in [3.8, 4) is 11.4 Å². The van der Waals surface area contributed by atoms with Crippen LogP contribution in [0.2, 0.25) is 0 Å². The molecule has 29 heavy (non-hydrogen) atoms. The van der Waals surface area contributed by atoms with E-state index < -0.39 is 11.2 Å². The summed E-state index contributed by atoms with van der Waals surface area (Å²) < 4.78 is 7.60. The Balaban J connectivity index is 1.80. The molecule has 3 rings (SSSR count). The Bertz CT molecular complexity index is 940. The lowest BCUT2D eigenvalue weighted by molar-refractivity contribution is -0.304. The number of carbonyl (C=O) groups excluding carboxylic acids is 1. The van der Waals surface area contributed by atoms with Crippen molar-refractivity contribution in [1.82, 2.24) is 14.8 Å². The second-order valence-electron chi connectivity index (χ2n) is 6.96. The Morgan fingerprint density at radius 3 is 2.34 bits per heavy atom. The Morgan fingerprint density at radius 2 is 1.72 bits per heavy atom. The van der Waals surface area contributed by atoms with Gasteiger partial charge in [-0.1, -0.05) is 42.1 Å². The van der Waals surface area contributed by atoms with Gasteiger partial charge in [-0.05, 0) is 57.0 Å². The van der Waals surface area contributed by atoms with E-state index in [1.165, 1.54) is 5.56 Å². The predicted octanol–water partition coefficient (Wildman–Crippen LogP) is 3.07. The highest BCUT2D eigenvalue weighted by Gasteiger charge is 2.17. The summed E-state index contributed by atoms with van der Waals surface area (Å²) in [6, 6.07) is 17.8. The van der Waals surface area contributed by atoms with Crippen LogP contribution >= 0.6 is 11.8 Å². The lowest BCUT2D eigenvalue weighted by Crippen LogP contribution is -2.31. The number of ether oxygens (including phenoxy) is 1.